The van der Waals surface area contributed by atoms with Crippen LogP contribution < -0.4 is 0 Å². The smallest absolute Gasteiger partial charge is 0.305 e. The van der Waals surface area contributed by atoms with Crippen molar-refractivity contribution in [3.05, 3.63) is 0 Å². The number of carbonyl (C=O) groups excluding carboxylic acids is 2. The molecule has 0 aromatic heterocycles. The highest BCUT2D eigenvalue weighted by Crippen LogP contribution is 2.20. The predicted octanol–water partition coefficient (Wildman–Crippen LogP) is 14.3. The van der Waals surface area contributed by atoms with Crippen molar-refractivity contribution in [1.82, 2.24) is 4.90 Å². The minimum absolute atomic E-state index is 0.0126. The summed E-state index contributed by atoms with van der Waals surface area (Å²) in [5.74, 6) is 1.00. The summed E-state index contributed by atoms with van der Waals surface area (Å²) in [6.45, 7) is 14.1. The molecule has 0 aliphatic carbocycles. The minimum atomic E-state index is -0.637. The van der Waals surface area contributed by atoms with Gasteiger partial charge in [-0.05, 0) is 70.5 Å². The summed E-state index contributed by atoms with van der Waals surface area (Å²) in [7, 11) is 2.14. The number of rotatable bonds is 45. The molecule has 0 radical (unpaired) electrons. The van der Waals surface area contributed by atoms with Crippen LogP contribution in [-0.4, -0.2) is 67.7 Å². The van der Waals surface area contributed by atoms with Gasteiger partial charge in [0.15, 0.2) is 6.29 Å². The zero-order valence-corrected chi connectivity index (χ0v) is 39.1. The van der Waals surface area contributed by atoms with Gasteiger partial charge in [0.05, 0.1) is 19.3 Å². The molecule has 0 heterocycles. The molecule has 0 saturated heterocycles. The first-order chi connectivity index (χ1) is 27.8. The molecule has 57 heavy (non-hydrogen) atoms. The SMILES string of the molecule is CCC(CC)COC(=O)CCCCCCCCCCCCCCC(CCCCCCCCCCCCCCC(=O)OCC(CC)CC)OC(O)CCCN(C)CC. The van der Waals surface area contributed by atoms with Crippen LogP contribution in [0.15, 0.2) is 0 Å². The molecular weight excluding hydrogens is 711 g/mol. The Morgan fingerprint density at radius 1 is 0.456 bits per heavy atom. The quantitative estimate of drug-likeness (QED) is 0.0372. The van der Waals surface area contributed by atoms with Crippen LogP contribution in [0, 0.1) is 11.8 Å². The van der Waals surface area contributed by atoms with Gasteiger partial charge in [-0.2, -0.15) is 0 Å². The second-order valence-corrected chi connectivity index (χ2v) is 17.5. The van der Waals surface area contributed by atoms with Crippen LogP contribution in [0.3, 0.4) is 0 Å². The molecule has 0 saturated carbocycles. The maximum atomic E-state index is 11.9. The van der Waals surface area contributed by atoms with E-state index in [1.807, 2.05) is 0 Å². The highest BCUT2D eigenvalue weighted by atomic mass is 16.6. The van der Waals surface area contributed by atoms with E-state index in [0.717, 1.165) is 90.1 Å². The van der Waals surface area contributed by atoms with Crippen LogP contribution in [0.5, 0.6) is 0 Å². The molecule has 7 nitrogen and oxygen atoms in total. The number of esters is 2. The van der Waals surface area contributed by atoms with Crippen molar-refractivity contribution in [1.29, 1.82) is 0 Å². The van der Waals surface area contributed by atoms with Crippen LogP contribution >= 0.6 is 0 Å². The third kappa shape index (κ3) is 38.8. The highest BCUT2D eigenvalue weighted by Gasteiger charge is 2.15. The van der Waals surface area contributed by atoms with Crippen molar-refractivity contribution in [3.8, 4) is 0 Å². The van der Waals surface area contributed by atoms with Crippen LogP contribution in [0.4, 0.5) is 0 Å². The van der Waals surface area contributed by atoms with E-state index in [-0.39, 0.29) is 18.0 Å². The number of hydrogen-bond acceptors (Lipinski definition) is 7. The number of nitrogens with zero attached hydrogens (tertiary/aromatic N) is 1. The standard InChI is InChI=1S/C50H99NO6/c1-7-45(8-2)43-55-48(52)39-34-30-26-22-18-14-12-16-20-24-28-32-37-47(57-50(54)41-36-42-51(6)11-5)38-33-29-25-21-17-13-15-19-23-27-31-35-40-49(53)56-44-46(9-3)10-4/h45-47,50,54H,7-44H2,1-6H3. The summed E-state index contributed by atoms with van der Waals surface area (Å²) in [6, 6.07) is 0. The molecule has 1 N–H and O–H groups in total. The van der Waals surface area contributed by atoms with Crippen LogP contribution in [0.25, 0.3) is 0 Å². The number of ether oxygens (including phenoxy) is 3. The Balaban J connectivity index is 3.97. The summed E-state index contributed by atoms with van der Waals surface area (Å²) in [5.41, 5.74) is 0. The van der Waals surface area contributed by atoms with E-state index in [1.54, 1.807) is 0 Å². The van der Waals surface area contributed by atoms with E-state index in [9.17, 15) is 14.7 Å². The van der Waals surface area contributed by atoms with E-state index < -0.39 is 6.29 Å². The fourth-order valence-corrected chi connectivity index (χ4v) is 7.70. The van der Waals surface area contributed by atoms with Gasteiger partial charge < -0.3 is 24.2 Å². The summed E-state index contributed by atoms with van der Waals surface area (Å²) in [5, 5.41) is 10.7. The first kappa shape index (κ1) is 55.8. The third-order valence-electron chi connectivity index (χ3n) is 12.5. The molecule has 0 spiro atoms. The van der Waals surface area contributed by atoms with E-state index in [2.05, 4.69) is 46.6 Å². The molecule has 1 atom stereocenters. The van der Waals surface area contributed by atoms with Gasteiger partial charge in [0.25, 0.3) is 0 Å². The molecule has 0 aromatic rings. The first-order valence-corrected chi connectivity index (χ1v) is 25.1. The molecule has 0 aliphatic heterocycles. The summed E-state index contributed by atoms with van der Waals surface area (Å²) >= 11 is 0. The fraction of sp³-hybridized carbons (Fsp3) is 0.960. The minimum Gasteiger partial charge on any atom is -0.465 e. The lowest BCUT2D eigenvalue weighted by atomic mass is 10.0. The average molecular weight is 810 g/mol. The molecule has 0 fully saturated rings. The Kier molecular flexibility index (Phi) is 42.0. The Hall–Kier alpha value is -1.18. The molecule has 0 bridgehead atoms. The van der Waals surface area contributed by atoms with Crippen molar-refractivity contribution in [3.63, 3.8) is 0 Å². The van der Waals surface area contributed by atoms with Crippen molar-refractivity contribution >= 4 is 11.9 Å². The Bertz CT molecular complexity index is 791. The van der Waals surface area contributed by atoms with Gasteiger partial charge in [-0.25, -0.2) is 0 Å². The van der Waals surface area contributed by atoms with Crippen molar-refractivity contribution in [2.75, 3.05) is 33.4 Å². The maximum Gasteiger partial charge on any atom is 0.305 e. The van der Waals surface area contributed by atoms with Gasteiger partial charge in [0.2, 0.25) is 0 Å². The topological polar surface area (TPSA) is 85.3 Å². The Morgan fingerprint density at radius 2 is 0.772 bits per heavy atom. The van der Waals surface area contributed by atoms with Gasteiger partial charge in [-0.3, -0.25) is 9.59 Å². The average Bonchev–Trinajstić information content (AvgIpc) is 3.21. The first-order valence-electron chi connectivity index (χ1n) is 25.1. The summed E-state index contributed by atoms with van der Waals surface area (Å²) in [6.07, 6.45) is 39.0. The van der Waals surface area contributed by atoms with Crippen LogP contribution in [0.1, 0.15) is 253 Å². The predicted molar refractivity (Wildman–Crippen MR) is 243 cm³/mol. The molecule has 7 heteroatoms. The van der Waals surface area contributed by atoms with Gasteiger partial charge in [-0.15, -0.1) is 0 Å². The molecule has 0 aromatic carbocycles. The monoisotopic (exact) mass is 810 g/mol. The molecule has 1 unspecified atom stereocenters. The molecule has 0 aliphatic rings. The second kappa shape index (κ2) is 42.9. The maximum absolute atomic E-state index is 11.9. The van der Waals surface area contributed by atoms with Crippen LogP contribution in [0.2, 0.25) is 0 Å². The lowest BCUT2D eigenvalue weighted by molar-refractivity contribution is -0.146. The van der Waals surface area contributed by atoms with E-state index in [0.29, 0.717) is 37.9 Å². The number of aliphatic hydroxyl groups excluding tert-OH is 1. The zero-order chi connectivity index (χ0) is 42.0. The number of hydrogen-bond donors (Lipinski definition) is 1. The lowest BCUT2D eigenvalue weighted by Crippen LogP contribution is -2.24. The van der Waals surface area contributed by atoms with Gasteiger partial charge in [-0.1, -0.05) is 202 Å². The Morgan fingerprint density at radius 3 is 1.09 bits per heavy atom. The Labute approximate surface area is 355 Å². The molecule has 340 valence electrons. The summed E-state index contributed by atoms with van der Waals surface area (Å²) < 4.78 is 17.1. The van der Waals surface area contributed by atoms with Gasteiger partial charge in [0.1, 0.15) is 0 Å². The molecule has 0 amide bonds. The van der Waals surface area contributed by atoms with Crippen molar-refractivity contribution in [2.24, 2.45) is 11.8 Å². The lowest BCUT2D eigenvalue weighted by Gasteiger charge is -2.23. The van der Waals surface area contributed by atoms with E-state index >= 15 is 0 Å². The van der Waals surface area contributed by atoms with E-state index in [4.69, 9.17) is 14.2 Å². The zero-order valence-electron chi connectivity index (χ0n) is 39.1. The molecular formula is C50H99NO6. The number of aliphatic hydroxyl groups is 1. The van der Waals surface area contributed by atoms with Crippen molar-refractivity contribution in [2.45, 2.75) is 265 Å². The van der Waals surface area contributed by atoms with Crippen LogP contribution in [-0.2, 0) is 23.8 Å². The largest absolute Gasteiger partial charge is 0.465 e. The van der Waals surface area contributed by atoms with E-state index in [1.165, 1.54) is 128 Å². The summed E-state index contributed by atoms with van der Waals surface area (Å²) in [4.78, 5) is 26.2. The van der Waals surface area contributed by atoms with Gasteiger partial charge >= 0.3 is 11.9 Å². The molecule has 0 rings (SSSR count). The third-order valence-corrected chi connectivity index (χ3v) is 12.5. The fourth-order valence-electron chi connectivity index (χ4n) is 7.70. The van der Waals surface area contributed by atoms with Crippen molar-refractivity contribution < 1.29 is 28.9 Å². The highest BCUT2D eigenvalue weighted by molar-refractivity contribution is 5.69. The number of carbonyl (C=O) groups is 2. The normalized spacial score (nSPS) is 12.4. The number of unbranched alkanes of at least 4 members (excludes halogenated alkanes) is 22. The second-order valence-electron chi connectivity index (χ2n) is 17.5. The van der Waals surface area contributed by atoms with Gasteiger partial charge in [0, 0.05) is 12.8 Å².